The summed E-state index contributed by atoms with van der Waals surface area (Å²) in [6, 6.07) is -0.226. The number of nitrogens with one attached hydrogen (secondary N) is 1. The van der Waals surface area contributed by atoms with Crippen LogP contribution in [0.25, 0.3) is 0 Å². The van der Waals surface area contributed by atoms with Gasteiger partial charge in [-0.05, 0) is 26.2 Å². The van der Waals surface area contributed by atoms with E-state index in [1.54, 1.807) is 11.8 Å². The fraction of sp³-hybridized carbons (Fsp3) is 0.538. The first-order valence-electron chi connectivity index (χ1n) is 7.45. The van der Waals surface area contributed by atoms with E-state index >= 15 is 0 Å². The molecule has 0 radical (unpaired) electrons. The molecular weight excluding hydrogens is 302 g/mol. The van der Waals surface area contributed by atoms with E-state index < -0.39 is 5.63 Å². The number of hydrogen-bond acceptors (Lipinski definition) is 7. The highest BCUT2D eigenvalue weighted by molar-refractivity contribution is 5.80. The average Bonchev–Trinajstić information content (AvgIpc) is 3.25. The number of carbonyl (C=O) groups excluding carboxylic acids is 1. The van der Waals surface area contributed by atoms with Gasteiger partial charge < -0.3 is 9.42 Å². The molecule has 1 N–H and O–H groups in total. The zero-order chi connectivity index (χ0) is 16.4. The van der Waals surface area contributed by atoms with Crippen LogP contribution in [-0.4, -0.2) is 43.9 Å². The minimum absolute atomic E-state index is 0.0436. The fourth-order valence-electron chi connectivity index (χ4n) is 2.45. The van der Waals surface area contributed by atoms with Crippen molar-refractivity contribution in [1.82, 2.24) is 24.8 Å². The summed E-state index contributed by atoms with van der Waals surface area (Å²) in [6.07, 6.45) is 2.50. The number of hydrogen-bond donors (Lipinski definition) is 1. The van der Waals surface area contributed by atoms with Crippen molar-refractivity contribution in [2.24, 2.45) is 10.2 Å². The average molecular weight is 319 g/mol. The third-order valence-corrected chi connectivity index (χ3v) is 3.71. The Morgan fingerprint density at radius 3 is 2.74 bits per heavy atom. The Kier molecular flexibility index (Phi) is 4.04. The summed E-state index contributed by atoms with van der Waals surface area (Å²) >= 11 is 0. The lowest BCUT2D eigenvalue weighted by molar-refractivity contribution is 0.210. The molecule has 10 heteroatoms. The predicted molar refractivity (Wildman–Crippen MR) is 79.2 cm³/mol. The Hall–Kier alpha value is -2.78. The zero-order valence-corrected chi connectivity index (χ0v) is 12.9. The second-order valence-electron chi connectivity index (χ2n) is 5.23. The monoisotopic (exact) mass is 319 g/mol. The van der Waals surface area contributed by atoms with Crippen LogP contribution in [-0.2, 0) is 6.42 Å². The van der Waals surface area contributed by atoms with Crippen LogP contribution in [0.15, 0.2) is 19.5 Å². The first-order chi connectivity index (χ1) is 11.1. The summed E-state index contributed by atoms with van der Waals surface area (Å²) in [4.78, 5) is 25.8. The molecule has 2 aromatic heterocycles. The second-order valence-corrected chi connectivity index (χ2v) is 5.23. The van der Waals surface area contributed by atoms with Crippen LogP contribution < -0.4 is 5.63 Å². The van der Waals surface area contributed by atoms with Crippen LogP contribution >= 0.6 is 0 Å². The number of aromatic amines is 1. The third-order valence-electron chi connectivity index (χ3n) is 3.71. The summed E-state index contributed by atoms with van der Waals surface area (Å²) < 4.78 is 5.99. The van der Waals surface area contributed by atoms with Gasteiger partial charge in [0.05, 0.1) is 5.69 Å². The van der Waals surface area contributed by atoms with Crippen LogP contribution in [0.2, 0.25) is 0 Å². The van der Waals surface area contributed by atoms with E-state index in [4.69, 9.17) is 0 Å². The summed E-state index contributed by atoms with van der Waals surface area (Å²) in [5, 5.41) is 18.0. The topological polar surface area (TPSA) is 122 Å². The van der Waals surface area contributed by atoms with E-state index in [0.717, 1.165) is 12.8 Å². The van der Waals surface area contributed by atoms with E-state index in [1.807, 2.05) is 6.92 Å². The number of rotatable bonds is 3. The van der Waals surface area contributed by atoms with Gasteiger partial charge in [0.25, 0.3) is 5.95 Å². The van der Waals surface area contributed by atoms with Gasteiger partial charge >= 0.3 is 11.7 Å². The van der Waals surface area contributed by atoms with Crippen molar-refractivity contribution in [1.29, 1.82) is 0 Å². The molecule has 1 amide bonds. The van der Waals surface area contributed by atoms with Crippen LogP contribution in [0.3, 0.4) is 0 Å². The Balaban J connectivity index is 1.92. The van der Waals surface area contributed by atoms with Gasteiger partial charge in [-0.25, -0.2) is 19.3 Å². The lowest BCUT2D eigenvalue weighted by Gasteiger charge is -2.15. The van der Waals surface area contributed by atoms with Crippen molar-refractivity contribution < 1.29 is 9.32 Å². The minimum atomic E-state index is -0.612. The van der Waals surface area contributed by atoms with E-state index in [1.165, 1.54) is 4.57 Å². The first kappa shape index (κ1) is 15.1. The van der Waals surface area contributed by atoms with Gasteiger partial charge in [0.1, 0.15) is 5.82 Å². The normalized spacial score (nSPS) is 15.0. The number of carbonyl (C=O) groups is 1. The molecule has 0 atom stereocenters. The van der Waals surface area contributed by atoms with E-state index in [2.05, 4.69) is 30.1 Å². The summed E-state index contributed by atoms with van der Waals surface area (Å²) in [6.45, 7) is 4.92. The van der Waals surface area contributed by atoms with Crippen molar-refractivity contribution >= 4 is 17.7 Å². The number of azo groups is 1. The molecule has 23 heavy (non-hydrogen) atoms. The maximum atomic E-state index is 12.5. The van der Waals surface area contributed by atoms with Crippen molar-refractivity contribution in [2.75, 3.05) is 13.1 Å². The molecule has 1 saturated heterocycles. The molecule has 1 aliphatic heterocycles. The molecule has 3 heterocycles. The first-order valence-corrected chi connectivity index (χ1v) is 7.45. The van der Waals surface area contributed by atoms with Crippen LogP contribution in [0.1, 0.15) is 31.3 Å². The minimum Gasteiger partial charge on any atom is -0.336 e. The van der Waals surface area contributed by atoms with Crippen LogP contribution in [0, 0.1) is 6.92 Å². The standard InChI is InChI=1S/C13H17N7O3/c1-3-9-10(11(21)23-18-9)15-17-12-16-14-8(2)20(12)13(22)19-6-4-5-7-19/h18H,3-7H2,1-2H3. The molecular formula is C13H17N7O3. The molecule has 1 fully saturated rings. The Bertz CT molecular complexity index is 795. The zero-order valence-electron chi connectivity index (χ0n) is 12.9. The van der Waals surface area contributed by atoms with Crippen molar-refractivity contribution in [3.63, 3.8) is 0 Å². The number of aryl methyl sites for hydroxylation is 2. The highest BCUT2D eigenvalue weighted by Crippen LogP contribution is 2.20. The van der Waals surface area contributed by atoms with Crippen molar-refractivity contribution in [3.8, 4) is 0 Å². The van der Waals surface area contributed by atoms with Crippen LogP contribution in [0.5, 0.6) is 0 Å². The van der Waals surface area contributed by atoms with Gasteiger partial charge in [-0.15, -0.1) is 20.4 Å². The molecule has 0 aromatic carbocycles. The molecule has 2 aromatic rings. The van der Waals surface area contributed by atoms with Gasteiger partial charge in [0, 0.05) is 13.1 Å². The Morgan fingerprint density at radius 2 is 2.04 bits per heavy atom. The second kappa shape index (κ2) is 6.15. The molecule has 0 spiro atoms. The predicted octanol–water partition coefficient (Wildman–Crippen LogP) is 1.91. The van der Waals surface area contributed by atoms with Crippen molar-refractivity contribution in [3.05, 3.63) is 21.9 Å². The van der Waals surface area contributed by atoms with E-state index in [0.29, 0.717) is 31.0 Å². The number of likely N-dealkylation sites (tertiary alicyclic amines) is 1. The molecule has 0 unspecified atom stereocenters. The third kappa shape index (κ3) is 2.79. The van der Waals surface area contributed by atoms with Gasteiger partial charge in [0.15, 0.2) is 5.69 Å². The number of H-pyrrole nitrogens is 1. The van der Waals surface area contributed by atoms with Crippen molar-refractivity contribution in [2.45, 2.75) is 33.1 Å². The summed E-state index contributed by atoms with van der Waals surface area (Å²) in [5.41, 5.74) is -0.0000112. The van der Waals surface area contributed by atoms with E-state index in [-0.39, 0.29) is 17.7 Å². The lowest BCUT2D eigenvalue weighted by Crippen LogP contribution is -2.32. The van der Waals surface area contributed by atoms with Gasteiger partial charge in [-0.1, -0.05) is 6.92 Å². The summed E-state index contributed by atoms with van der Waals surface area (Å²) in [5.74, 6) is 0.467. The molecule has 0 saturated carbocycles. The quantitative estimate of drug-likeness (QED) is 0.866. The largest absolute Gasteiger partial charge is 0.384 e. The van der Waals surface area contributed by atoms with Crippen LogP contribution in [0.4, 0.5) is 16.4 Å². The molecule has 0 bridgehead atoms. The highest BCUT2D eigenvalue weighted by Gasteiger charge is 2.24. The molecule has 3 rings (SSSR count). The maximum absolute atomic E-state index is 12.5. The molecule has 122 valence electrons. The highest BCUT2D eigenvalue weighted by atomic mass is 16.5. The SMILES string of the molecule is CCc1[nH]oc(=O)c1N=Nc1nnc(C)n1C(=O)N1CCCC1. The summed E-state index contributed by atoms with van der Waals surface area (Å²) in [7, 11) is 0. The van der Waals surface area contributed by atoms with Gasteiger partial charge in [-0.3, -0.25) is 0 Å². The maximum Gasteiger partial charge on any atom is 0.384 e. The number of amides is 1. The molecule has 0 aliphatic carbocycles. The Labute approximate surface area is 131 Å². The van der Waals surface area contributed by atoms with Gasteiger partial charge in [0.2, 0.25) is 0 Å². The van der Waals surface area contributed by atoms with Gasteiger partial charge in [-0.2, -0.15) is 0 Å². The number of aromatic nitrogens is 4. The fourth-order valence-corrected chi connectivity index (χ4v) is 2.45. The lowest BCUT2D eigenvalue weighted by atomic mass is 10.3. The molecule has 10 nitrogen and oxygen atoms in total. The smallest absolute Gasteiger partial charge is 0.336 e. The number of nitrogens with zero attached hydrogens (tertiary/aromatic N) is 6. The molecule has 1 aliphatic rings. The van der Waals surface area contributed by atoms with E-state index in [9.17, 15) is 9.59 Å². The Morgan fingerprint density at radius 1 is 1.30 bits per heavy atom.